The summed E-state index contributed by atoms with van der Waals surface area (Å²) in [4.78, 5) is 16.3. The van der Waals surface area contributed by atoms with Crippen molar-refractivity contribution >= 4 is 27.2 Å². The maximum absolute atomic E-state index is 13.5. The molecule has 4 nitrogen and oxygen atoms in total. The smallest absolute Gasteiger partial charge is 0.203 e. The fourth-order valence-electron chi connectivity index (χ4n) is 3.45. The Labute approximate surface area is 186 Å². The van der Waals surface area contributed by atoms with Gasteiger partial charge in [0, 0.05) is 27.8 Å². The lowest BCUT2D eigenvalue weighted by Crippen LogP contribution is -2.19. The number of ketones is 1. The fourth-order valence-corrected chi connectivity index (χ4v) is 4.64. The first-order chi connectivity index (χ1) is 15.1. The fraction of sp³-hybridized carbons (Fsp3) is 0.192. The summed E-state index contributed by atoms with van der Waals surface area (Å²) in [7, 11) is 5.65. The van der Waals surface area contributed by atoms with E-state index < -0.39 is 0 Å². The molecule has 0 atom stereocenters. The molecule has 5 heteroatoms. The van der Waals surface area contributed by atoms with Gasteiger partial charge in [0.05, 0.1) is 12.0 Å². The number of methoxy groups -OCH3 is 1. The van der Waals surface area contributed by atoms with Crippen molar-refractivity contribution in [2.24, 2.45) is 0 Å². The molecule has 0 amide bonds. The van der Waals surface area contributed by atoms with Gasteiger partial charge in [0.15, 0.2) is 0 Å². The quantitative estimate of drug-likeness (QED) is 0.333. The Morgan fingerprint density at radius 1 is 0.935 bits per heavy atom. The molecule has 0 bridgehead atoms. The maximum Gasteiger partial charge on any atom is 0.203 e. The molecule has 3 aromatic carbocycles. The molecular formula is C26H25NO3S. The Bertz CT molecular complexity index is 1190. The number of likely N-dealkylation sites (N-methyl/N-ethyl adjacent to an activating group) is 1. The number of hydrogen-bond donors (Lipinski definition) is 0. The lowest BCUT2D eigenvalue weighted by atomic mass is 9.98. The number of carbonyl (C=O) groups excluding carboxylic acids is 1. The highest BCUT2D eigenvalue weighted by molar-refractivity contribution is 7.21. The zero-order chi connectivity index (χ0) is 21.8. The number of rotatable bonds is 8. The Hall–Kier alpha value is -3.15. The van der Waals surface area contributed by atoms with Crippen LogP contribution in [0.5, 0.6) is 11.5 Å². The van der Waals surface area contributed by atoms with Crippen LogP contribution in [0.4, 0.5) is 0 Å². The third-order valence-electron chi connectivity index (χ3n) is 5.08. The molecule has 0 unspecified atom stereocenters. The van der Waals surface area contributed by atoms with E-state index in [1.165, 1.54) is 11.3 Å². The SMILES string of the molecule is COc1cccc(C(=O)c2sc3ccccc3c2-c2ccc(OCCN(C)C)cc2)c1. The van der Waals surface area contributed by atoms with Crippen molar-refractivity contribution in [3.8, 4) is 22.6 Å². The van der Waals surface area contributed by atoms with Crippen LogP contribution >= 0.6 is 11.3 Å². The molecule has 4 aromatic rings. The lowest BCUT2D eigenvalue weighted by Gasteiger charge is -2.11. The summed E-state index contributed by atoms with van der Waals surface area (Å²) in [6.07, 6.45) is 0. The van der Waals surface area contributed by atoms with E-state index in [9.17, 15) is 4.79 Å². The van der Waals surface area contributed by atoms with Crippen LogP contribution in [-0.4, -0.2) is 45.0 Å². The molecule has 0 fully saturated rings. The van der Waals surface area contributed by atoms with Gasteiger partial charge in [-0.3, -0.25) is 4.79 Å². The number of nitrogens with zero attached hydrogens (tertiary/aromatic N) is 1. The minimum absolute atomic E-state index is 0.00131. The maximum atomic E-state index is 13.5. The van der Waals surface area contributed by atoms with Gasteiger partial charge in [0.25, 0.3) is 0 Å². The van der Waals surface area contributed by atoms with Crippen LogP contribution in [0.25, 0.3) is 21.2 Å². The highest BCUT2D eigenvalue weighted by Gasteiger charge is 2.21. The number of hydrogen-bond acceptors (Lipinski definition) is 5. The van der Waals surface area contributed by atoms with Crippen LogP contribution in [0.2, 0.25) is 0 Å². The van der Waals surface area contributed by atoms with Crippen molar-refractivity contribution in [1.82, 2.24) is 4.90 Å². The molecule has 0 aliphatic heterocycles. The van der Waals surface area contributed by atoms with Gasteiger partial charge < -0.3 is 14.4 Å². The van der Waals surface area contributed by atoms with Gasteiger partial charge >= 0.3 is 0 Å². The number of benzene rings is 3. The summed E-state index contributed by atoms with van der Waals surface area (Å²) < 4.78 is 12.2. The van der Waals surface area contributed by atoms with Crippen molar-refractivity contribution in [1.29, 1.82) is 0 Å². The van der Waals surface area contributed by atoms with Crippen molar-refractivity contribution in [2.75, 3.05) is 34.4 Å². The zero-order valence-electron chi connectivity index (χ0n) is 17.9. The summed E-state index contributed by atoms with van der Waals surface area (Å²) >= 11 is 1.53. The second-order valence-electron chi connectivity index (χ2n) is 7.54. The highest BCUT2D eigenvalue weighted by atomic mass is 32.1. The van der Waals surface area contributed by atoms with Gasteiger partial charge in [-0.15, -0.1) is 11.3 Å². The van der Waals surface area contributed by atoms with E-state index in [0.717, 1.165) is 38.4 Å². The molecule has 4 rings (SSSR count). The van der Waals surface area contributed by atoms with Crippen LogP contribution in [0.1, 0.15) is 15.2 Å². The van der Waals surface area contributed by atoms with E-state index in [-0.39, 0.29) is 5.78 Å². The van der Waals surface area contributed by atoms with Crippen LogP contribution in [0, 0.1) is 0 Å². The molecule has 0 aliphatic rings. The normalized spacial score (nSPS) is 11.1. The molecule has 0 N–H and O–H groups in total. The molecule has 0 aliphatic carbocycles. The van der Waals surface area contributed by atoms with Crippen LogP contribution in [0.3, 0.4) is 0 Å². The molecule has 1 aromatic heterocycles. The average molecular weight is 432 g/mol. The minimum atomic E-state index is 0.00131. The highest BCUT2D eigenvalue weighted by Crippen LogP contribution is 2.40. The molecule has 158 valence electrons. The molecule has 0 spiro atoms. The molecular weight excluding hydrogens is 406 g/mol. The largest absolute Gasteiger partial charge is 0.497 e. The van der Waals surface area contributed by atoms with E-state index in [4.69, 9.17) is 9.47 Å². The van der Waals surface area contributed by atoms with Crippen molar-refractivity contribution in [2.45, 2.75) is 0 Å². The second kappa shape index (κ2) is 9.33. The Kier molecular flexibility index (Phi) is 6.35. The molecule has 1 heterocycles. The summed E-state index contributed by atoms with van der Waals surface area (Å²) in [5.41, 5.74) is 2.59. The summed E-state index contributed by atoms with van der Waals surface area (Å²) in [5.74, 6) is 1.50. The molecule has 0 saturated heterocycles. The first-order valence-electron chi connectivity index (χ1n) is 10.1. The third-order valence-corrected chi connectivity index (χ3v) is 6.25. The summed E-state index contributed by atoms with van der Waals surface area (Å²) in [6.45, 7) is 1.49. The standard InChI is InChI=1S/C26H25NO3S/c1-27(2)15-16-30-20-13-11-18(12-14-20)24-22-9-4-5-10-23(22)31-26(24)25(28)19-7-6-8-21(17-19)29-3/h4-14,17H,15-16H2,1-3H3. The Morgan fingerprint density at radius 3 is 2.45 bits per heavy atom. The van der Waals surface area contributed by atoms with Crippen LogP contribution in [0.15, 0.2) is 72.8 Å². The third kappa shape index (κ3) is 4.63. The lowest BCUT2D eigenvalue weighted by molar-refractivity contribution is 0.104. The van der Waals surface area contributed by atoms with Crippen molar-refractivity contribution in [3.05, 3.63) is 83.2 Å². The van der Waals surface area contributed by atoms with Gasteiger partial charge in [-0.05, 0) is 50.0 Å². The van der Waals surface area contributed by atoms with E-state index >= 15 is 0 Å². The van der Waals surface area contributed by atoms with Gasteiger partial charge in [0.2, 0.25) is 5.78 Å². The predicted octanol–water partition coefficient (Wildman–Crippen LogP) is 5.75. The van der Waals surface area contributed by atoms with E-state index in [0.29, 0.717) is 17.9 Å². The van der Waals surface area contributed by atoms with E-state index in [2.05, 4.69) is 17.0 Å². The predicted molar refractivity (Wildman–Crippen MR) is 128 cm³/mol. The van der Waals surface area contributed by atoms with Crippen LogP contribution in [-0.2, 0) is 0 Å². The minimum Gasteiger partial charge on any atom is -0.497 e. The van der Waals surface area contributed by atoms with E-state index in [1.807, 2.05) is 68.7 Å². The van der Waals surface area contributed by atoms with E-state index in [1.54, 1.807) is 13.2 Å². The molecule has 0 radical (unpaired) electrons. The van der Waals surface area contributed by atoms with Crippen molar-refractivity contribution < 1.29 is 14.3 Å². The zero-order valence-corrected chi connectivity index (χ0v) is 18.7. The first-order valence-corrected chi connectivity index (χ1v) is 11.0. The van der Waals surface area contributed by atoms with Crippen LogP contribution < -0.4 is 9.47 Å². The summed E-state index contributed by atoms with van der Waals surface area (Å²) in [5, 5.41) is 1.08. The van der Waals surface area contributed by atoms with Crippen molar-refractivity contribution in [3.63, 3.8) is 0 Å². The topological polar surface area (TPSA) is 38.8 Å². The van der Waals surface area contributed by atoms with Gasteiger partial charge in [-0.25, -0.2) is 0 Å². The Morgan fingerprint density at radius 2 is 1.71 bits per heavy atom. The van der Waals surface area contributed by atoms with Gasteiger partial charge in [-0.2, -0.15) is 0 Å². The Balaban J connectivity index is 1.72. The van der Waals surface area contributed by atoms with Gasteiger partial charge in [0.1, 0.15) is 18.1 Å². The van der Waals surface area contributed by atoms with Gasteiger partial charge in [-0.1, -0.05) is 42.5 Å². The molecule has 31 heavy (non-hydrogen) atoms. The average Bonchev–Trinajstić information content (AvgIpc) is 3.18. The monoisotopic (exact) mass is 431 g/mol. The number of fused-ring (bicyclic) bond motifs is 1. The molecule has 0 saturated carbocycles. The number of ether oxygens (including phenoxy) is 2. The summed E-state index contributed by atoms with van der Waals surface area (Å²) in [6, 6.07) is 23.5. The first kappa shape index (κ1) is 21.1. The number of thiophene rings is 1. The second-order valence-corrected chi connectivity index (χ2v) is 8.59. The number of carbonyl (C=O) groups is 1.